The molecule has 3 N–H and O–H groups in total. The standard InChI is InChI=1S/C12H9BrN2O2S/c13-8-5-6-18-10(8)12(17)15-9-4-2-1-3-7(9)11(14)16/h1-6H,(H2,14,16)(H,15,17). The Morgan fingerprint density at radius 1 is 1.22 bits per heavy atom. The minimum Gasteiger partial charge on any atom is -0.366 e. The van der Waals surface area contributed by atoms with Gasteiger partial charge in [-0.1, -0.05) is 12.1 Å². The van der Waals surface area contributed by atoms with E-state index >= 15 is 0 Å². The largest absolute Gasteiger partial charge is 0.366 e. The van der Waals surface area contributed by atoms with Crippen LogP contribution in [0.5, 0.6) is 0 Å². The van der Waals surface area contributed by atoms with Gasteiger partial charge in [-0.05, 0) is 39.5 Å². The van der Waals surface area contributed by atoms with Gasteiger partial charge in [0.2, 0.25) is 0 Å². The highest BCUT2D eigenvalue weighted by molar-refractivity contribution is 9.10. The molecule has 2 aromatic rings. The molecular formula is C12H9BrN2O2S. The van der Waals surface area contributed by atoms with Gasteiger partial charge in [0.1, 0.15) is 4.88 Å². The number of halogens is 1. The number of nitrogens with two attached hydrogens (primary N) is 1. The molecule has 0 bridgehead atoms. The first-order valence-electron chi connectivity index (χ1n) is 5.03. The lowest BCUT2D eigenvalue weighted by molar-refractivity contribution is 0.100. The molecular weight excluding hydrogens is 316 g/mol. The van der Waals surface area contributed by atoms with Crippen molar-refractivity contribution >= 4 is 44.8 Å². The average molecular weight is 325 g/mol. The lowest BCUT2D eigenvalue weighted by atomic mass is 10.1. The van der Waals surface area contributed by atoms with E-state index in [0.717, 1.165) is 4.47 Å². The SMILES string of the molecule is NC(=O)c1ccccc1NC(=O)c1sccc1Br. The van der Waals surface area contributed by atoms with Gasteiger partial charge in [0.25, 0.3) is 11.8 Å². The molecule has 0 unspecified atom stereocenters. The van der Waals surface area contributed by atoms with Crippen LogP contribution in [0.3, 0.4) is 0 Å². The Bertz CT molecular complexity index is 610. The highest BCUT2D eigenvalue weighted by atomic mass is 79.9. The van der Waals surface area contributed by atoms with Crippen LogP contribution in [-0.4, -0.2) is 11.8 Å². The molecule has 92 valence electrons. The smallest absolute Gasteiger partial charge is 0.266 e. The highest BCUT2D eigenvalue weighted by Gasteiger charge is 2.14. The minimum absolute atomic E-state index is 0.273. The highest BCUT2D eigenvalue weighted by Crippen LogP contribution is 2.24. The number of benzene rings is 1. The minimum atomic E-state index is -0.573. The zero-order chi connectivity index (χ0) is 13.1. The van der Waals surface area contributed by atoms with Crippen LogP contribution in [0, 0.1) is 0 Å². The van der Waals surface area contributed by atoms with E-state index in [1.54, 1.807) is 35.7 Å². The Morgan fingerprint density at radius 2 is 1.94 bits per heavy atom. The van der Waals surface area contributed by atoms with E-state index in [9.17, 15) is 9.59 Å². The number of primary amides is 1. The van der Waals surface area contributed by atoms with Gasteiger partial charge in [-0.25, -0.2) is 0 Å². The molecule has 0 saturated heterocycles. The van der Waals surface area contributed by atoms with Crippen LogP contribution in [0.4, 0.5) is 5.69 Å². The average Bonchev–Trinajstić information content (AvgIpc) is 2.76. The molecule has 2 amide bonds. The predicted molar refractivity (Wildman–Crippen MR) is 74.9 cm³/mol. The van der Waals surface area contributed by atoms with Crippen molar-refractivity contribution < 1.29 is 9.59 Å². The normalized spacial score (nSPS) is 10.1. The number of hydrogen-bond acceptors (Lipinski definition) is 3. The summed E-state index contributed by atoms with van der Waals surface area (Å²) in [5.74, 6) is -0.846. The summed E-state index contributed by atoms with van der Waals surface area (Å²) >= 11 is 4.60. The summed E-state index contributed by atoms with van der Waals surface area (Å²) in [7, 11) is 0. The first kappa shape index (κ1) is 12.8. The summed E-state index contributed by atoms with van der Waals surface area (Å²) < 4.78 is 0.724. The fourth-order valence-electron chi connectivity index (χ4n) is 1.44. The number of thiophene rings is 1. The maximum atomic E-state index is 12.0. The van der Waals surface area contributed by atoms with Gasteiger partial charge < -0.3 is 11.1 Å². The van der Waals surface area contributed by atoms with E-state index in [1.807, 2.05) is 0 Å². The number of nitrogens with one attached hydrogen (secondary N) is 1. The van der Waals surface area contributed by atoms with Crippen molar-refractivity contribution in [2.75, 3.05) is 5.32 Å². The second kappa shape index (κ2) is 5.32. The van der Waals surface area contributed by atoms with Gasteiger partial charge in [-0.2, -0.15) is 0 Å². The molecule has 0 aliphatic carbocycles. The number of amides is 2. The molecule has 18 heavy (non-hydrogen) atoms. The summed E-state index contributed by atoms with van der Waals surface area (Å²) in [5.41, 5.74) is 5.94. The predicted octanol–water partition coefficient (Wildman–Crippen LogP) is 2.86. The first-order valence-corrected chi connectivity index (χ1v) is 6.70. The molecule has 0 spiro atoms. The van der Waals surface area contributed by atoms with E-state index in [0.29, 0.717) is 16.1 Å². The zero-order valence-corrected chi connectivity index (χ0v) is 11.5. The van der Waals surface area contributed by atoms with Crippen molar-refractivity contribution in [2.45, 2.75) is 0 Å². The van der Waals surface area contributed by atoms with Crippen molar-refractivity contribution in [3.63, 3.8) is 0 Å². The van der Waals surface area contributed by atoms with E-state index in [2.05, 4.69) is 21.2 Å². The molecule has 1 heterocycles. The third-order valence-electron chi connectivity index (χ3n) is 2.26. The quantitative estimate of drug-likeness (QED) is 0.911. The van der Waals surface area contributed by atoms with Crippen molar-refractivity contribution in [3.05, 3.63) is 50.6 Å². The number of para-hydroxylation sites is 1. The summed E-state index contributed by atoms with van der Waals surface area (Å²) in [6.45, 7) is 0. The van der Waals surface area contributed by atoms with Gasteiger partial charge in [0.05, 0.1) is 11.3 Å². The Labute approximate surface area is 116 Å². The lowest BCUT2D eigenvalue weighted by Crippen LogP contribution is -2.17. The van der Waals surface area contributed by atoms with Crippen molar-refractivity contribution in [2.24, 2.45) is 5.73 Å². The van der Waals surface area contributed by atoms with Gasteiger partial charge in [-0.15, -0.1) is 11.3 Å². The Morgan fingerprint density at radius 3 is 2.56 bits per heavy atom. The summed E-state index contributed by atoms with van der Waals surface area (Å²) in [6, 6.07) is 8.42. The van der Waals surface area contributed by atoms with E-state index in [-0.39, 0.29) is 5.91 Å². The summed E-state index contributed by atoms with van der Waals surface area (Å²) in [5, 5.41) is 4.48. The molecule has 4 nitrogen and oxygen atoms in total. The molecule has 0 radical (unpaired) electrons. The first-order chi connectivity index (χ1) is 8.59. The maximum Gasteiger partial charge on any atom is 0.266 e. The second-order valence-electron chi connectivity index (χ2n) is 3.46. The van der Waals surface area contributed by atoms with Gasteiger partial charge in [0.15, 0.2) is 0 Å². The van der Waals surface area contributed by atoms with E-state index < -0.39 is 5.91 Å². The number of carbonyl (C=O) groups excluding carboxylic acids is 2. The Kier molecular flexibility index (Phi) is 3.78. The van der Waals surface area contributed by atoms with E-state index in [4.69, 9.17) is 5.73 Å². The summed E-state index contributed by atoms with van der Waals surface area (Å²) in [4.78, 5) is 23.8. The third-order valence-corrected chi connectivity index (χ3v) is 4.10. The maximum absolute atomic E-state index is 12.0. The van der Waals surface area contributed by atoms with Crippen molar-refractivity contribution in [1.29, 1.82) is 0 Å². The molecule has 2 rings (SSSR count). The van der Waals surface area contributed by atoms with Crippen molar-refractivity contribution in [3.8, 4) is 0 Å². The molecule has 0 fully saturated rings. The Balaban J connectivity index is 2.28. The molecule has 1 aromatic heterocycles. The van der Waals surface area contributed by atoms with Crippen LogP contribution < -0.4 is 11.1 Å². The van der Waals surface area contributed by atoms with Crippen LogP contribution in [-0.2, 0) is 0 Å². The van der Waals surface area contributed by atoms with Gasteiger partial charge in [-0.3, -0.25) is 9.59 Å². The number of carbonyl (C=O) groups is 2. The fraction of sp³-hybridized carbons (Fsp3) is 0. The summed E-state index contributed by atoms with van der Waals surface area (Å²) in [6.07, 6.45) is 0. The Hall–Kier alpha value is -1.66. The number of anilines is 1. The van der Waals surface area contributed by atoms with Gasteiger partial charge >= 0.3 is 0 Å². The number of hydrogen-bond donors (Lipinski definition) is 2. The molecule has 0 aliphatic rings. The third kappa shape index (κ3) is 2.60. The van der Waals surface area contributed by atoms with Crippen LogP contribution in [0.15, 0.2) is 40.2 Å². The molecule has 0 saturated carbocycles. The van der Waals surface area contributed by atoms with Crippen LogP contribution >= 0.6 is 27.3 Å². The molecule has 6 heteroatoms. The van der Waals surface area contributed by atoms with Crippen LogP contribution in [0.2, 0.25) is 0 Å². The number of rotatable bonds is 3. The van der Waals surface area contributed by atoms with E-state index in [1.165, 1.54) is 11.3 Å². The molecule has 0 atom stereocenters. The van der Waals surface area contributed by atoms with Gasteiger partial charge in [0, 0.05) is 4.47 Å². The zero-order valence-electron chi connectivity index (χ0n) is 9.14. The second-order valence-corrected chi connectivity index (χ2v) is 5.23. The molecule has 0 aliphatic heterocycles. The van der Waals surface area contributed by atoms with Crippen LogP contribution in [0.1, 0.15) is 20.0 Å². The molecule has 1 aromatic carbocycles. The van der Waals surface area contributed by atoms with Crippen molar-refractivity contribution in [1.82, 2.24) is 0 Å². The monoisotopic (exact) mass is 324 g/mol. The van der Waals surface area contributed by atoms with Crippen LogP contribution in [0.25, 0.3) is 0 Å². The topological polar surface area (TPSA) is 72.2 Å². The fourth-order valence-corrected chi connectivity index (χ4v) is 2.89. The lowest BCUT2D eigenvalue weighted by Gasteiger charge is -2.07.